The highest BCUT2D eigenvalue weighted by atomic mass is 32.1. The van der Waals surface area contributed by atoms with Crippen molar-refractivity contribution in [3.63, 3.8) is 0 Å². The quantitative estimate of drug-likeness (QED) is 0.263. The van der Waals surface area contributed by atoms with Crippen LogP contribution in [0.15, 0.2) is 53.5 Å². The first-order chi connectivity index (χ1) is 19.9. The monoisotopic (exact) mass is 583 g/mol. The maximum Gasteiger partial charge on any atom is 0.280 e. The van der Waals surface area contributed by atoms with Gasteiger partial charge in [0, 0.05) is 37.6 Å². The van der Waals surface area contributed by atoms with Crippen LogP contribution in [0, 0.1) is 16.7 Å². The van der Waals surface area contributed by atoms with Gasteiger partial charge in [0.25, 0.3) is 5.91 Å². The van der Waals surface area contributed by atoms with Crippen LogP contribution in [0.5, 0.6) is 0 Å². The van der Waals surface area contributed by atoms with E-state index in [2.05, 4.69) is 68.0 Å². The van der Waals surface area contributed by atoms with E-state index in [0.717, 1.165) is 78.0 Å². The molecule has 8 heteroatoms. The topological polar surface area (TPSA) is 91.0 Å². The van der Waals surface area contributed by atoms with Crippen LogP contribution in [0.4, 0.5) is 0 Å². The van der Waals surface area contributed by atoms with E-state index < -0.39 is 0 Å². The number of carbonyl (C=O) groups excluding carboxylic acids is 1. The van der Waals surface area contributed by atoms with Crippen LogP contribution < -0.4 is 10.9 Å². The molecule has 4 aromatic rings. The molecule has 0 saturated carbocycles. The molecule has 42 heavy (non-hydrogen) atoms. The standard InChI is InChI=1S/C34H41N5O2S/c1-33(2,3)25-11-12-26-24(16-25)17-28-31(37-26)42-32(38-28)30(41)36-27(14-15-39-19-34(4,5)20-39)22-8-6-21(7-9-22)23-10-13-29(40)35-18-23/h6-10,13,17-18,25,27H,11-12,14-16,19-20H2,1-5H3,(H,35,40)(H,36,41)/t25-,27+/m0/s1. The zero-order valence-electron chi connectivity index (χ0n) is 25.3. The van der Waals surface area contributed by atoms with Gasteiger partial charge in [-0.2, -0.15) is 0 Å². The SMILES string of the molecule is CC1(C)CN(CC[C@@H](NC(=O)c2nc3cc4c(nc3s2)CC[C@H](C(C)(C)C)C4)c2ccc(-c3ccc(=O)[nH]c3)cc2)C1. The van der Waals surface area contributed by atoms with Gasteiger partial charge in [-0.15, -0.1) is 0 Å². The third-order valence-corrected chi connectivity index (χ3v) is 9.90. The summed E-state index contributed by atoms with van der Waals surface area (Å²) in [6.45, 7) is 14.6. The predicted octanol–water partition coefficient (Wildman–Crippen LogP) is 6.40. The van der Waals surface area contributed by atoms with Gasteiger partial charge in [-0.3, -0.25) is 9.59 Å². The molecule has 2 atom stereocenters. The van der Waals surface area contributed by atoms with Crippen molar-refractivity contribution in [3.8, 4) is 11.1 Å². The van der Waals surface area contributed by atoms with E-state index in [1.54, 1.807) is 6.20 Å². The summed E-state index contributed by atoms with van der Waals surface area (Å²) >= 11 is 1.39. The van der Waals surface area contributed by atoms with E-state index in [1.165, 1.54) is 23.0 Å². The summed E-state index contributed by atoms with van der Waals surface area (Å²) in [5.74, 6) is 0.473. The number of pyridine rings is 2. The number of fused-ring (bicyclic) bond motifs is 2. The van der Waals surface area contributed by atoms with Crippen molar-refractivity contribution in [2.24, 2.45) is 16.7 Å². The van der Waals surface area contributed by atoms with E-state index in [1.807, 2.05) is 18.2 Å². The maximum absolute atomic E-state index is 13.6. The van der Waals surface area contributed by atoms with E-state index in [4.69, 9.17) is 9.97 Å². The molecular weight excluding hydrogens is 542 g/mol. The first kappa shape index (κ1) is 28.7. The van der Waals surface area contributed by atoms with Crippen molar-refractivity contribution in [1.29, 1.82) is 0 Å². The number of aryl methyl sites for hydroxylation is 1. The second-order valence-corrected chi connectivity index (χ2v) is 15.0. The van der Waals surface area contributed by atoms with E-state index in [9.17, 15) is 9.59 Å². The minimum atomic E-state index is -0.151. The molecule has 1 aliphatic carbocycles. The minimum Gasteiger partial charge on any atom is -0.343 e. The molecule has 1 amide bonds. The van der Waals surface area contributed by atoms with E-state index in [0.29, 0.717) is 16.3 Å². The molecule has 3 aromatic heterocycles. The zero-order chi connectivity index (χ0) is 29.6. The van der Waals surface area contributed by atoms with Gasteiger partial charge >= 0.3 is 0 Å². The second-order valence-electron chi connectivity index (χ2n) is 14.0. The lowest BCUT2D eigenvalue weighted by Crippen LogP contribution is -2.53. The van der Waals surface area contributed by atoms with Crippen LogP contribution in [0.25, 0.3) is 21.5 Å². The number of aromatic amines is 1. The molecule has 0 radical (unpaired) electrons. The number of hydrogen-bond donors (Lipinski definition) is 2. The van der Waals surface area contributed by atoms with Crippen molar-refractivity contribution in [2.45, 2.75) is 66.3 Å². The molecule has 6 rings (SSSR count). The number of hydrogen-bond acceptors (Lipinski definition) is 6. The summed E-state index contributed by atoms with van der Waals surface area (Å²) in [4.78, 5) is 40.8. The van der Waals surface area contributed by atoms with Gasteiger partial charge in [0.05, 0.1) is 6.04 Å². The van der Waals surface area contributed by atoms with Crippen molar-refractivity contribution in [3.05, 3.63) is 80.8 Å². The average Bonchev–Trinajstić information content (AvgIpc) is 3.35. The Morgan fingerprint density at radius 2 is 1.86 bits per heavy atom. The van der Waals surface area contributed by atoms with Gasteiger partial charge in [-0.1, -0.05) is 70.2 Å². The van der Waals surface area contributed by atoms with Crippen molar-refractivity contribution < 1.29 is 4.79 Å². The summed E-state index contributed by atoms with van der Waals surface area (Å²) in [7, 11) is 0. The fourth-order valence-electron chi connectivity index (χ4n) is 6.52. The van der Waals surface area contributed by atoms with Gasteiger partial charge in [-0.25, -0.2) is 9.97 Å². The Bertz CT molecular complexity index is 1640. The predicted molar refractivity (Wildman–Crippen MR) is 170 cm³/mol. The number of nitrogens with zero attached hydrogens (tertiary/aromatic N) is 3. The van der Waals surface area contributed by atoms with Crippen molar-refractivity contribution in [2.75, 3.05) is 19.6 Å². The third kappa shape index (κ3) is 6.20. The first-order valence-corrected chi connectivity index (χ1v) is 15.9. The highest BCUT2D eigenvalue weighted by molar-refractivity contribution is 7.19. The molecule has 7 nitrogen and oxygen atoms in total. The zero-order valence-corrected chi connectivity index (χ0v) is 26.1. The Kier molecular flexibility index (Phi) is 7.56. The second kappa shape index (κ2) is 11.0. The van der Waals surface area contributed by atoms with Gasteiger partial charge in [0.2, 0.25) is 5.56 Å². The van der Waals surface area contributed by atoms with Gasteiger partial charge in [0.15, 0.2) is 5.01 Å². The number of benzene rings is 1. The number of amides is 1. The highest BCUT2D eigenvalue weighted by Crippen LogP contribution is 2.38. The van der Waals surface area contributed by atoms with Crippen LogP contribution in [0.1, 0.15) is 80.1 Å². The molecule has 1 saturated heterocycles. The molecule has 220 valence electrons. The fraction of sp³-hybridized carbons (Fsp3) is 0.471. The maximum atomic E-state index is 13.6. The molecule has 0 bridgehead atoms. The molecule has 1 fully saturated rings. The number of likely N-dealkylation sites (tertiary alicyclic amines) is 1. The van der Waals surface area contributed by atoms with Crippen LogP contribution in [0.2, 0.25) is 0 Å². The van der Waals surface area contributed by atoms with Crippen molar-refractivity contribution in [1.82, 2.24) is 25.2 Å². The summed E-state index contributed by atoms with van der Waals surface area (Å²) in [5, 5.41) is 3.77. The Morgan fingerprint density at radius 1 is 1.12 bits per heavy atom. The molecule has 1 aliphatic heterocycles. The van der Waals surface area contributed by atoms with Crippen LogP contribution >= 0.6 is 11.3 Å². The van der Waals surface area contributed by atoms with Gasteiger partial charge in [0.1, 0.15) is 10.3 Å². The summed E-state index contributed by atoms with van der Waals surface area (Å²) in [5.41, 5.74) is 6.78. The largest absolute Gasteiger partial charge is 0.343 e. The number of thiazole rings is 1. The molecule has 0 spiro atoms. The van der Waals surface area contributed by atoms with E-state index >= 15 is 0 Å². The third-order valence-electron chi connectivity index (χ3n) is 8.94. The molecule has 1 aromatic carbocycles. The number of aromatic nitrogens is 3. The van der Waals surface area contributed by atoms with Crippen LogP contribution in [0.3, 0.4) is 0 Å². The minimum absolute atomic E-state index is 0.119. The number of H-pyrrole nitrogens is 1. The normalized spacial score (nSPS) is 19.2. The van der Waals surface area contributed by atoms with Gasteiger partial charge < -0.3 is 15.2 Å². The number of rotatable bonds is 7. The number of carbonyl (C=O) groups is 1. The number of nitrogens with one attached hydrogen (secondary N) is 2. The van der Waals surface area contributed by atoms with Crippen LogP contribution in [-0.4, -0.2) is 45.4 Å². The molecule has 2 aliphatic rings. The smallest absolute Gasteiger partial charge is 0.280 e. The lowest BCUT2D eigenvalue weighted by atomic mass is 9.71. The van der Waals surface area contributed by atoms with E-state index in [-0.39, 0.29) is 22.9 Å². The van der Waals surface area contributed by atoms with Crippen LogP contribution in [-0.2, 0) is 12.8 Å². The molecule has 2 N–H and O–H groups in total. The highest BCUT2D eigenvalue weighted by Gasteiger charge is 2.34. The lowest BCUT2D eigenvalue weighted by molar-refractivity contribution is 0.0280. The Labute approximate surface area is 251 Å². The Balaban J connectivity index is 1.21. The molecule has 0 unspecified atom stereocenters. The molecule has 4 heterocycles. The Hall–Kier alpha value is -3.36. The van der Waals surface area contributed by atoms with Gasteiger partial charge in [-0.05, 0) is 76.8 Å². The Morgan fingerprint density at radius 3 is 2.52 bits per heavy atom. The molecular formula is C34H41N5O2S. The fourth-order valence-corrected chi connectivity index (χ4v) is 7.37. The van der Waals surface area contributed by atoms with Crippen molar-refractivity contribution >= 4 is 27.6 Å². The lowest BCUT2D eigenvalue weighted by Gasteiger charge is -2.46. The summed E-state index contributed by atoms with van der Waals surface area (Å²) < 4.78 is 0. The average molecular weight is 584 g/mol. The first-order valence-electron chi connectivity index (χ1n) is 15.1. The summed E-state index contributed by atoms with van der Waals surface area (Å²) in [6.07, 6.45) is 5.69. The summed E-state index contributed by atoms with van der Waals surface area (Å²) in [6, 6.07) is 13.6.